The van der Waals surface area contributed by atoms with Crippen molar-refractivity contribution in [1.29, 1.82) is 10.5 Å². The molecule has 5 heteroatoms. The molecular formula is C19H18N4S. The van der Waals surface area contributed by atoms with Crippen molar-refractivity contribution in [3.63, 3.8) is 0 Å². The van der Waals surface area contributed by atoms with Crippen molar-refractivity contribution in [3.8, 4) is 12.1 Å². The Bertz CT molecular complexity index is 801. The van der Waals surface area contributed by atoms with Crippen molar-refractivity contribution in [2.45, 2.75) is 36.0 Å². The molecule has 24 heavy (non-hydrogen) atoms. The fraction of sp³-hybridized carbons (Fsp3) is 0.316. The first-order valence-electron chi connectivity index (χ1n) is 8.03. The summed E-state index contributed by atoms with van der Waals surface area (Å²) in [5, 5.41) is 19.3. The summed E-state index contributed by atoms with van der Waals surface area (Å²) in [6.45, 7) is 0. The van der Waals surface area contributed by atoms with E-state index in [0.717, 1.165) is 12.3 Å². The highest BCUT2D eigenvalue weighted by Crippen LogP contribution is 2.43. The van der Waals surface area contributed by atoms with Crippen LogP contribution in [0.5, 0.6) is 0 Å². The van der Waals surface area contributed by atoms with Crippen molar-refractivity contribution in [3.05, 3.63) is 53.1 Å². The second-order valence-corrected chi connectivity index (χ2v) is 7.23. The number of rotatable bonds is 6. The lowest BCUT2D eigenvalue weighted by atomic mass is 10.1. The van der Waals surface area contributed by atoms with Crippen LogP contribution in [0.15, 0.2) is 41.4 Å². The third-order valence-corrected chi connectivity index (χ3v) is 5.54. The van der Waals surface area contributed by atoms with Gasteiger partial charge in [0.1, 0.15) is 23.0 Å². The van der Waals surface area contributed by atoms with Crippen LogP contribution in [0.1, 0.15) is 47.6 Å². The van der Waals surface area contributed by atoms with Crippen LogP contribution in [0.25, 0.3) is 0 Å². The van der Waals surface area contributed by atoms with Crippen LogP contribution in [-0.4, -0.2) is 4.98 Å². The third kappa shape index (κ3) is 3.88. The second-order valence-electron chi connectivity index (χ2n) is 6.04. The van der Waals surface area contributed by atoms with Gasteiger partial charge in [-0.3, -0.25) is 0 Å². The molecule has 4 nitrogen and oxygen atoms in total. The molecule has 0 saturated heterocycles. The largest absolute Gasteiger partial charge is 0.383 e. The summed E-state index contributed by atoms with van der Waals surface area (Å²) in [7, 11) is 0. The van der Waals surface area contributed by atoms with E-state index in [2.05, 4.69) is 23.2 Å². The first-order valence-corrected chi connectivity index (χ1v) is 8.91. The Kier molecular flexibility index (Phi) is 5.03. The van der Waals surface area contributed by atoms with Gasteiger partial charge in [-0.25, -0.2) is 4.98 Å². The molecule has 1 aliphatic rings. The number of nitriles is 2. The van der Waals surface area contributed by atoms with E-state index in [0.29, 0.717) is 10.6 Å². The van der Waals surface area contributed by atoms with Crippen molar-refractivity contribution in [1.82, 2.24) is 4.98 Å². The van der Waals surface area contributed by atoms with Gasteiger partial charge in [-0.15, -0.1) is 0 Å². The van der Waals surface area contributed by atoms with Crippen LogP contribution in [0, 0.1) is 28.6 Å². The fourth-order valence-electron chi connectivity index (χ4n) is 2.66. The Morgan fingerprint density at radius 1 is 1.17 bits per heavy atom. The topological polar surface area (TPSA) is 86.5 Å². The summed E-state index contributed by atoms with van der Waals surface area (Å²) in [6, 6.07) is 16.0. The number of nitrogens with zero attached hydrogens (tertiary/aromatic N) is 3. The molecule has 0 amide bonds. The van der Waals surface area contributed by atoms with Crippen LogP contribution < -0.4 is 5.73 Å². The highest BCUT2D eigenvalue weighted by atomic mass is 32.2. The quantitative estimate of drug-likeness (QED) is 0.790. The molecule has 1 unspecified atom stereocenters. The van der Waals surface area contributed by atoms with E-state index in [9.17, 15) is 5.26 Å². The molecule has 120 valence electrons. The number of hydrogen-bond donors (Lipinski definition) is 1. The average Bonchev–Trinajstić information content (AvgIpc) is 3.44. The Morgan fingerprint density at radius 2 is 1.88 bits per heavy atom. The van der Waals surface area contributed by atoms with Gasteiger partial charge >= 0.3 is 0 Å². The van der Waals surface area contributed by atoms with Crippen LogP contribution in [0.3, 0.4) is 0 Å². The van der Waals surface area contributed by atoms with Crippen molar-refractivity contribution >= 4 is 17.6 Å². The molecule has 1 aromatic heterocycles. The molecule has 0 aliphatic heterocycles. The number of aromatic nitrogens is 1. The molecule has 1 saturated carbocycles. The van der Waals surface area contributed by atoms with Gasteiger partial charge in [-0.05, 0) is 30.4 Å². The second kappa shape index (κ2) is 7.38. The van der Waals surface area contributed by atoms with E-state index >= 15 is 0 Å². The molecule has 1 aromatic carbocycles. The summed E-state index contributed by atoms with van der Waals surface area (Å²) >= 11 is 1.57. The van der Waals surface area contributed by atoms with Crippen LogP contribution in [0.2, 0.25) is 0 Å². The minimum Gasteiger partial charge on any atom is -0.383 e. The smallest absolute Gasteiger partial charge is 0.142 e. The molecule has 1 heterocycles. The molecule has 0 spiro atoms. The first kappa shape index (κ1) is 16.4. The van der Waals surface area contributed by atoms with E-state index in [1.165, 1.54) is 30.9 Å². The Morgan fingerprint density at radius 3 is 2.50 bits per heavy atom. The van der Waals surface area contributed by atoms with Crippen LogP contribution >= 0.6 is 11.8 Å². The van der Waals surface area contributed by atoms with Gasteiger partial charge in [0, 0.05) is 5.25 Å². The number of anilines is 1. The zero-order valence-corrected chi connectivity index (χ0v) is 14.1. The van der Waals surface area contributed by atoms with Crippen molar-refractivity contribution in [2.75, 3.05) is 5.73 Å². The Balaban J connectivity index is 1.88. The summed E-state index contributed by atoms with van der Waals surface area (Å²) < 4.78 is 0. The molecule has 1 fully saturated rings. The lowest BCUT2D eigenvalue weighted by molar-refractivity contribution is 0.657. The maximum atomic E-state index is 9.39. The number of hydrogen-bond acceptors (Lipinski definition) is 5. The SMILES string of the molecule is N#Cc1cc(C#N)c(SC(CCC2CC2)c2ccccc2)nc1N. The lowest BCUT2D eigenvalue weighted by Crippen LogP contribution is -2.02. The predicted octanol–water partition coefficient (Wildman–Crippen LogP) is 4.43. The van der Waals surface area contributed by atoms with E-state index < -0.39 is 0 Å². The summed E-state index contributed by atoms with van der Waals surface area (Å²) in [5.41, 5.74) is 7.75. The first-order chi connectivity index (χ1) is 11.7. The average molecular weight is 334 g/mol. The number of pyridine rings is 1. The standard InChI is InChI=1S/C19H18N4S/c20-11-15-10-16(12-21)19(23-18(15)22)24-17(9-8-13-6-7-13)14-4-2-1-3-5-14/h1-5,10,13,17H,6-9H2,(H2,22,23). The fourth-order valence-corrected chi connectivity index (χ4v) is 3.86. The highest BCUT2D eigenvalue weighted by Gasteiger charge is 2.24. The minimum atomic E-state index is 0.188. The normalized spacial score (nSPS) is 14.6. The minimum absolute atomic E-state index is 0.188. The van der Waals surface area contributed by atoms with Gasteiger partial charge in [0.2, 0.25) is 0 Å². The van der Waals surface area contributed by atoms with Crippen molar-refractivity contribution < 1.29 is 0 Å². The van der Waals surface area contributed by atoms with Gasteiger partial charge in [0.25, 0.3) is 0 Å². The molecule has 0 radical (unpaired) electrons. The predicted molar refractivity (Wildman–Crippen MR) is 95.1 cm³/mol. The lowest BCUT2D eigenvalue weighted by Gasteiger charge is -2.17. The van der Waals surface area contributed by atoms with Gasteiger partial charge in [-0.1, -0.05) is 54.9 Å². The van der Waals surface area contributed by atoms with Crippen LogP contribution in [-0.2, 0) is 0 Å². The van der Waals surface area contributed by atoms with Gasteiger partial charge in [0.05, 0.1) is 11.1 Å². The number of thioether (sulfide) groups is 1. The highest BCUT2D eigenvalue weighted by molar-refractivity contribution is 7.99. The zero-order valence-electron chi connectivity index (χ0n) is 13.3. The monoisotopic (exact) mass is 334 g/mol. The van der Waals surface area contributed by atoms with E-state index in [1.807, 2.05) is 24.3 Å². The summed E-state index contributed by atoms with van der Waals surface area (Å²) in [6.07, 6.45) is 4.90. The molecular weight excluding hydrogens is 316 g/mol. The van der Waals surface area contributed by atoms with Gasteiger partial charge in [0.15, 0.2) is 0 Å². The maximum absolute atomic E-state index is 9.39. The zero-order chi connectivity index (χ0) is 16.9. The van der Waals surface area contributed by atoms with Gasteiger partial charge < -0.3 is 5.73 Å². The Hall–Kier alpha value is -2.50. The van der Waals surface area contributed by atoms with Gasteiger partial charge in [-0.2, -0.15) is 10.5 Å². The van der Waals surface area contributed by atoms with Crippen LogP contribution in [0.4, 0.5) is 5.82 Å². The molecule has 1 atom stereocenters. The molecule has 3 rings (SSSR count). The molecule has 1 aliphatic carbocycles. The maximum Gasteiger partial charge on any atom is 0.142 e. The molecule has 2 aromatic rings. The summed E-state index contributed by atoms with van der Waals surface area (Å²) in [4.78, 5) is 4.32. The van der Waals surface area contributed by atoms with E-state index in [4.69, 9.17) is 11.0 Å². The molecule has 2 N–H and O–H groups in total. The Labute approximate surface area is 146 Å². The van der Waals surface area contributed by atoms with E-state index in [-0.39, 0.29) is 16.6 Å². The third-order valence-electron chi connectivity index (χ3n) is 4.22. The van der Waals surface area contributed by atoms with E-state index in [1.54, 1.807) is 11.8 Å². The summed E-state index contributed by atoms with van der Waals surface area (Å²) in [5.74, 6) is 1.04. The number of nitrogen functional groups attached to an aromatic ring is 1. The number of benzene rings is 1. The number of nitrogens with two attached hydrogens (primary N) is 1. The van der Waals surface area contributed by atoms with Crippen molar-refractivity contribution in [2.24, 2.45) is 5.92 Å². The molecule has 0 bridgehead atoms.